The van der Waals surface area contributed by atoms with Gasteiger partial charge in [-0.25, -0.2) is 0 Å². The Labute approximate surface area is 148 Å². The van der Waals surface area contributed by atoms with E-state index < -0.39 is 0 Å². The summed E-state index contributed by atoms with van der Waals surface area (Å²) in [6.45, 7) is 3.06. The summed E-state index contributed by atoms with van der Waals surface area (Å²) in [4.78, 5) is 28.7. The SMILES string of the molecule is CC(=O)N1C[C@H](c2ccccc2)[C@H]2[C@@H]1CCCCCN2C(=O)CCl. The molecule has 0 spiro atoms. The largest absolute Gasteiger partial charge is 0.337 e. The van der Waals surface area contributed by atoms with Crippen LogP contribution in [0.25, 0.3) is 0 Å². The lowest BCUT2D eigenvalue weighted by molar-refractivity contribution is -0.135. The van der Waals surface area contributed by atoms with Crippen molar-refractivity contribution in [3.05, 3.63) is 35.9 Å². The van der Waals surface area contributed by atoms with Gasteiger partial charge < -0.3 is 9.80 Å². The Hall–Kier alpha value is -1.55. The van der Waals surface area contributed by atoms with Crippen LogP contribution in [0.4, 0.5) is 0 Å². The van der Waals surface area contributed by atoms with Crippen LogP contribution in [0.5, 0.6) is 0 Å². The van der Waals surface area contributed by atoms with Crippen molar-refractivity contribution >= 4 is 23.4 Å². The van der Waals surface area contributed by atoms with Crippen LogP contribution in [0.3, 0.4) is 0 Å². The molecule has 2 heterocycles. The molecule has 1 aromatic rings. The van der Waals surface area contributed by atoms with E-state index in [2.05, 4.69) is 12.1 Å². The third-order valence-electron chi connectivity index (χ3n) is 5.43. The number of halogens is 1. The molecule has 2 amide bonds. The standard InChI is InChI=1S/C19H25ClN2O2/c1-14(23)22-13-16(15-8-4-2-5-9-15)19-17(22)10-6-3-7-11-21(19)18(24)12-20/h2,4-5,8-9,16-17,19H,3,6-7,10-13H2,1H3/t16-,17+,19+/m1/s1. The highest BCUT2D eigenvalue weighted by molar-refractivity contribution is 6.27. The fraction of sp³-hybridized carbons (Fsp3) is 0.579. The predicted octanol–water partition coefficient (Wildman–Crippen LogP) is 3.01. The number of amides is 2. The lowest BCUT2D eigenvalue weighted by atomic mass is 9.87. The summed E-state index contributed by atoms with van der Waals surface area (Å²) in [6.07, 6.45) is 4.17. The molecule has 3 rings (SSSR count). The van der Waals surface area contributed by atoms with Gasteiger partial charge in [0.2, 0.25) is 11.8 Å². The molecule has 0 aliphatic carbocycles. The molecule has 2 saturated heterocycles. The van der Waals surface area contributed by atoms with Gasteiger partial charge >= 0.3 is 0 Å². The number of benzene rings is 1. The summed E-state index contributed by atoms with van der Waals surface area (Å²) in [6, 6.07) is 10.4. The van der Waals surface area contributed by atoms with Crippen molar-refractivity contribution < 1.29 is 9.59 Å². The lowest BCUT2D eigenvalue weighted by Crippen LogP contribution is -2.51. The Morgan fingerprint density at radius 3 is 2.54 bits per heavy atom. The highest BCUT2D eigenvalue weighted by Gasteiger charge is 2.47. The molecule has 0 aromatic heterocycles. The van der Waals surface area contributed by atoms with E-state index in [9.17, 15) is 9.59 Å². The second-order valence-corrected chi connectivity index (χ2v) is 7.08. The maximum atomic E-state index is 12.5. The average molecular weight is 349 g/mol. The third-order valence-corrected chi connectivity index (χ3v) is 5.65. The Bertz CT molecular complexity index is 592. The Morgan fingerprint density at radius 1 is 1.12 bits per heavy atom. The number of alkyl halides is 1. The van der Waals surface area contributed by atoms with E-state index >= 15 is 0 Å². The van der Waals surface area contributed by atoms with Gasteiger partial charge in [0, 0.05) is 25.9 Å². The molecule has 0 saturated carbocycles. The van der Waals surface area contributed by atoms with Crippen LogP contribution in [-0.4, -0.2) is 52.7 Å². The first-order valence-electron chi connectivity index (χ1n) is 8.81. The quantitative estimate of drug-likeness (QED) is 0.771. The van der Waals surface area contributed by atoms with Crippen molar-refractivity contribution in [2.45, 2.75) is 50.6 Å². The number of rotatable bonds is 2. The van der Waals surface area contributed by atoms with Gasteiger partial charge in [0.25, 0.3) is 0 Å². The van der Waals surface area contributed by atoms with Crippen LogP contribution < -0.4 is 0 Å². The second kappa shape index (κ2) is 7.56. The third kappa shape index (κ3) is 3.30. The molecule has 0 bridgehead atoms. The van der Waals surface area contributed by atoms with Crippen LogP contribution in [-0.2, 0) is 9.59 Å². The molecule has 2 fully saturated rings. The number of carbonyl (C=O) groups is 2. The molecule has 5 heteroatoms. The molecule has 24 heavy (non-hydrogen) atoms. The van der Waals surface area contributed by atoms with Crippen molar-refractivity contribution in [1.29, 1.82) is 0 Å². The number of nitrogens with zero attached hydrogens (tertiary/aromatic N) is 2. The van der Waals surface area contributed by atoms with E-state index in [4.69, 9.17) is 11.6 Å². The van der Waals surface area contributed by atoms with E-state index in [0.29, 0.717) is 6.54 Å². The summed E-state index contributed by atoms with van der Waals surface area (Å²) >= 11 is 5.89. The number of hydrogen-bond acceptors (Lipinski definition) is 2. The summed E-state index contributed by atoms with van der Waals surface area (Å²) in [5.74, 6) is 0.248. The second-order valence-electron chi connectivity index (χ2n) is 6.82. The van der Waals surface area contributed by atoms with Crippen molar-refractivity contribution in [2.24, 2.45) is 0 Å². The molecule has 2 aliphatic heterocycles. The maximum absolute atomic E-state index is 12.5. The summed E-state index contributed by atoms with van der Waals surface area (Å²) in [5.41, 5.74) is 1.20. The first-order valence-corrected chi connectivity index (χ1v) is 9.34. The van der Waals surface area contributed by atoms with Gasteiger partial charge in [-0.15, -0.1) is 11.6 Å². The van der Waals surface area contributed by atoms with Crippen molar-refractivity contribution in [3.8, 4) is 0 Å². The van der Waals surface area contributed by atoms with Crippen LogP contribution >= 0.6 is 11.6 Å². The van der Waals surface area contributed by atoms with Crippen LogP contribution in [0.1, 0.15) is 44.1 Å². The van der Waals surface area contributed by atoms with E-state index in [0.717, 1.165) is 32.2 Å². The van der Waals surface area contributed by atoms with Crippen LogP contribution in [0.2, 0.25) is 0 Å². The topological polar surface area (TPSA) is 40.6 Å². The van der Waals surface area contributed by atoms with Crippen molar-refractivity contribution in [2.75, 3.05) is 19.0 Å². The van der Waals surface area contributed by atoms with Gasteiger partial charge in [0.15, 0.2) is 0 Å². The summed E-state index contributed by atoms with van der Waals surface area (Å²) in [5, 5.41) is 0. The molecule has 3 atom stereocenters. The van der Waals surface area contributed by atoms with Gasteiger partial charge in [-0.2, -0.15) is 0 Å². The smallest absolute Gasteiger partial charge is 0.237 e. The zero-order valence-electron chi connectivity index (χ0n) is 14.2. The van der Waals surface area contributed by atoms with E-state index in [-0.39, 0.29) is 35.7 Å². The fourth-order valence-corrected chi connectivity index (χ4v) is 4.51. The minimum atomic E-state index is -0.0140. The van der Waals surface area contributed by atoms with Gasteiger partial charge in [-0.1, -0.05) is 43.2 Å². The number of likely N-dealkylation sites (tertiary alicyclic amines) is 2. The minimum Gasteiger partial charge on any atom is -0.337 e. The molecule has 130 valence electrons. The van der Waals surface area contributed by atoms with E-state index in [1.165, 1.54) is 5.56 Å². The Kier molecular flexibility index (Phi) is 5.44. The molecule has 0 unspecified atom stereocenters. The number of hydrogen-bond donors (Lipinski definition) is 0. The van der Waals surface area contributed by atoms with Gasteiger partial charge in [-0.05, 0) is 18.4 Å². The minimum absolute atomic E-state index is 0.00476. The van der Waals surface area contributed by atoms with Crippen molar-refractivity contribution in [3.63, 3.8) is 0 Å². The lowest BCUT2D eigenvalue weighted by Gasteiger charge is -2.38. The monoisotopic (exact) mass is 348 g/mol. The first kappa shape index (κ1) is 17.3. The van der Waals surface area contributed by atoms with Gasteiger partial charge in [0.1, 0.15) is 5.88 Å². The summed E-state index contributed by atoms with van der Waals surface area (Å²) < 4.78 is 0. The first-order chi connectivity index (χ1) is 11.6. The zero-order valence-corrected chi connectivity index (χ0v) is 14.9. The molecule has 0 N–H and O–H groups in total. The molecule has 1 aromatic carbocycles. The fourth-order valence-electron chi connectivity index (χ4n) is 4.35. The molecule has 4 nitrogen and oxygen atoms in total. The van der Waals surface area contributed by atoms with Crippen LogP contribution in [0.15, 0.2) is 30.3 Å². The Balaban J connectivity index is 2.01. The highest BCUT2D eigenvalue weighted by Crippen LogP contribution is 2.39. The van der Waals surface area contributed by atoms with Gasteiger partial charge in [0.05, 0.1) is 12.1 Å². The zero-order chi connectivity index (χ0) is 17.1. The van der Waals surface area contributed by atoms with Crippen molar-refractivity contribution in [1.82, 2.24) is 9.80 Å². The predicted molar refractivity (Wildman–Crippen MR) is 95.0 cm³/mol. The summed E-state index contributed by atoms with van der Waals surface area (Å²) in [7, 11) is 0. The molecule has 2 aliphatic rings. The maximum Gasteiger partial charge on any atom is 0.237 e. The van der Waals surface area contributed by atoms with E-state index in [1.54, 1.807) is 6.92 Å². The normalized spacial score (nSPS) is 27.3. The molecular weight excluding hydrogens is 324 g/mol. The van der Waals surface area contributed by atoms with Gasteiger partial charge in [-0.3, -0.25) is 9.59 Å². The average Bonchev–Trinajstić information content (AvgIpc) is 2.94. The number of fused-ring (bicyclic) bond motifs is 1. The van der Waals surface area contributed by atoms with Crippen LogP contribution in [0, 0.1) is 0 Å². The van der Waals surface area contributed by atoms with E-state index in [1.807, 2.05) is 28.0 Å². The Morgan fingerprint density at radius 2 is 1.88 bits per heavy atom. The number of carbonyl (C=O) groups excluding carboxylic acids is 2. The molecule has 0 radical (unpaired) electrons. The molecular formula is C19H25ClN2O2. The highest BCUT2D eigenvalue weighted by atomic mass is 35.5.